The summed E-state index contributed by atoms with van der Waals surface area (Å²) in [6.45, 7) is 1.58. The fraction of sp³-hybridized carbons (Fsp3) is 0.143. The number of aliphatic hydroxyl groups excluding tert-OH is 1. The number of rotatable bonds is 4. The Labute approximate surface area is 129 Å². The van der Waals surface area contributed by atoms with Crippen molar-refractivity contribution in [1.29, 1.82) is 0 Å². The average Bonchev–Trinajstić information content (AvgIpc) is 2.38. The van der Waals surface area contributed by atoms with Crippen molar-refractivity contribution < 1.29 is 10.0 Å². The molecule has 2 aromatic rings. The maximum Gasteiger partial charge on any atom is 0.283 e. The first-order valence-electron chi connectivity index (χ1n) is 5.87. The van der Waals surface area contributed by atoms with Crippen LogP contribution in [-0.2, 0) is 0 Å². The van der Waals surface area contributed by atoms with Gasteiger partial charge in [0.2, 0.25) is 0 Å². The molecule has 0 fully saturated rings. The van der Waals surface area contributed by atoms with Crippen LogP contribution in [0, 0.1) is 10.1 Å². The third-order valence-electron chi connectivity index (χ3n) is 2.69. The summed E-state index contributed by atoms with van der Waals surface area (Å²) < 4.78 is 0.922. The number of nitro benzene ring substituents is 1. The molecule has 2 aromatic carbocycles. The maximum absolute atomic E-state index is 11.2. The van der Waals surface area contributed by atoms with Crippen LogP contribution in [0.4, 0.5) is 5.69 Å². The number of hydrogen-bond acceptors (Lipinski definition) is 4. The zero-order chi connectivity index (χ0) is 14.7. The van der Waals surface area contributed by atoms with Crippen molar-refractivity contribution in [3.8, 4) is 0 Å². The Hall–Kier alpha value is -1.37. The highest BCUT2D eigenvalue weighted by molar-refractivity contribution is 9.10. The summed E-state index contributed by atoms with van der Waals surface area (Å²) in [7, 11) is 0. The maximum atomic E-state index is 11.2. The second-order valence-electron chi connectivity index (χ2n) is 4.22. The van der Waals surface area contributed by atoms with E-state index in [9.17, 15) is 15.2 Å². The van der Waals surface area contributed by atoms with Crippen molar-refractivity contribution in [3.05, 3.63) is 62.6 Å². The van der Waals surface area contributed by atoms with Gasteiger partial charge in [0, 0.05) is 15.4 Å². The molecule has 0 aliphatic carbocycles. The number of benzene rings is 2. The fourth-order valence-electron chi connectivity index (χ4n) is 1.68. The number of aliphatic hydroxyl groups is 1. The van der Waals surface area contributed by atoms with Gasteiger partial charge in [-0.05, 0) is 36.8 Å². The van der Waals surface area contributed by atoms with E-state index in [1.165, 1.54) is 17.8 Å². The Morgan fingerprint density at radius 1 is 1.30 bits per heavy atom. The molecule has 0 heterocycles. The fourth-order valence-corrected chi connectivity index (χ4v) is 3.19. The van der Waals surface area contributed by atoms with Crippen molar-refractivity contribution in [2.75, 3.05) is 0 Å². The normalized spacial score (nSPS) is 12.2. The Morgan fingerprint density at radius 2 is 2.05 bits per heavy atom. The smallest absolute Gasteiger partial charge is 0.283 e. The molecule has 2 rings (SSSR count). The molecular formula is C14H12BrNO3S. The molecule has 0 unspecified atom stereocenters. The van der Waals surface area contributed by atoms with Crippen molar-refractivity contribution in [1.82, 2.24) is 0 Å². The zero-order valence-corrected chi connectivity index (χ0v) is 13.0. The van der Waals surface area contributed by atoms with Gasteiger partial charge in [-0.15, -0.1) is 0 Å². The number of hydrogen-bond donors (Lipinski definition) is 1. The Balaban J connectivity index is 2.38. The first-order valence-corrected chi connectivity index (χ1v) is 7.48. The highest BCUT2D eigenvalue weighted by atomic mass is 79.9. The van der Waals surface area contributed by atoms with E-state index in [-0.39, 0.29) is 5.69 Å². The number of halogens is 1. The summed E-state index contributed by atoms with van der Waals surface area (Å²) in [5.41, 5.74) is 0.545. The number of nitro groups is 1. The molecule has 4 nitrogen and oxygen atoms in total. The monoisotopic (exact) mass is 353 g/mol. The Kier molecular flexibility index (Phi) is 4.80. The van der Waals surface area contributed by atoms with E-state index in [2.05, 4.69) is 15.9 Å². The molecule has 0 saturated carbocycles. The van der Waals surface area contributed by atoms with Gasteiger partial charge in [-0.3, -0.25) is 10.1 Å². The molecule has 0 bridgehead atoms. The number of nitrogens with zero attached hydrogens (tertiary/aromatic N) is 1. The summed E-state index contributed by atoms with van der Waals surface area (Å²) in [4.78, 5) is 12.2. The molecule has 104 valence electrons. The van der Waals surface area contributed by atoms with Gasteiger partial charge in [0.25, 0.3) is 5.69 Å². The minimum absolute atomic E-state index is 0.00776. The van der Waals surface area contributed by atoms with Crippen LogP contribution in [0.15, 0.2) is 56.7 Å². The van der Waals surface area contributed by atoms with Crippen LogP contribution in [0.2, 0.25) is 0 Å². The van der Waals surface area contributed by atoms with E-state index in [0.717, 1.165) is 9.37 Å². The third-order valence-corrected chi connectivity index (χ3v) is 4.23. The van der Waals surface area contributed by atoms with Gasteiger partial charge in [-0.2, -0.15) is 0 Å². The van der Waals surface area contributed by atoms with Gasteiger partial charge in [-0.1, -0.05) is 39.8 Å². The summed E-state index contributed by atoms with van der Waals surface area (Å²) in [5, 5.41) is 20.7. The molecule has 1 atom stereocenters. The Morgan fingerprint density at radius 3 is 2.65 bits per heavy atom. The summed E-state index contributed by atoms with van der Waals surface area (Å²) in [6.07, 6.45) is -0.724. The minimum atomic E-state index is -0.724. The van der Waals surface area contributed by atoms with Crippen LogP contribution in [0.3, 0.4) is 0 Å². The van der Waals surface area contributed by atoms with Gasteiger partial charge >= 0.3 is 0 Å². The average molecular weight is 354 g/mol. The molecule has 0 aliphatic rings. The van der Waals surface area contributed by atoms with Crippen LogP contribution in [0.5, 0.6) is 0 Å². The van der Waals surface area contributed by atoms with Crippen molar-refractivity contribution in [2.24, 2.45) is 0 Å². The second kappa shape index (κ2) is 6.39. The first kappa shape index (κ1) is 15.0. The van der Waals surface area contributed by atoms with Crippen molar-refractivity contribution in [2.45, 2.75) is 22.8 Å². The van der Waals surface area contributed by atoms with Gasteiger partial charge in [-0.25, -0.2) is 0 Å². The van der Waals surface area contributed by atoms with Crippen LogP contribution >= 0.6 is 27.7 Å². The Bertz CT molecular complexity index is 646. The quantitative estimate of drug-likeness (QED) is 0.646. The van der Waals surface area contributed by atoms with Crippen LogP contribution in [-0.4, -0.2) is 10.0 Å². The lowest BCUT2D eigenvalue weighted by molar-refractivity contribution is -0.387. The van der Waals surface area contributed by atoms with Crippen LogP contribution < -0.4 is 0 Å². The molecule has 20 heavy (non-hydrogen) atoms. The van der Waals surface area contributed by atoms with Gasteiger partial charge in [0.05, 0.1) is 15.9 Å². The van der Waals surface area contributed by atoms with Crippen LogP contribution in [0.25, 0.3) is 0 Å². The van der Waals surface area contributed by atoms with E-state index < -0.39 is 11.0 Å². The minimum Gasteiger partial charge on any atom is -0.389 e. The second-order valence-corrected chi connectivity index (χ2v) is 6.25. The molecule has 0 radical (unpaired) electrons. The van der Waals surface area contributed by atoms with Crippen LogP contribution in [0.1, 0.15) is 18.6 Å². The molecule has 0 amide bonds. The van der Waals surface area contributed by atoms with E-state index >= 15 is 0 Å². The first-order chi connectivity index (χ1) is 9.47. The largest absolute Gasteiger partial charge is 0.389 e. The summed E-state index contributed by atoms with van der Waals surface area (Å²) in [6, 6.07) is 12.4. The topological polar surface area (TPSA) is 63.4 Å². The molecule has 6 heteroatoms. The summed E-state index contributed by atoms with van der Waals surface area (Å²) >= 11 is 4.70. The SMILES string of the molecule is C[C@H](O)c1ccc(Sc2cccc(Br)c2)c([N+](=O)[O-])c1. The lowest BCUT2D eigenvalue weighted by atomic mass is 10.1. The molecule has 0 aromatic heterocycles. The predicted octanol–water partition coefficient (Wildman–Crippen LogP) is 4.56. The lowest BCUT2D eigenvalue weighted by Gasteiger charge is -2.08. The van der Waals surface area contributed by atoms with E-state index in [0.29, 0.717) is 10.5 Å². The molecular weight excluding hydrogens is 342 g/mol. The van der Waals surface area contributed by atoms with Crippen molar-refractivity contribution in [3.63, 3.8) is 0 Å². The van der Waals surface area contributed by atoms with Gasteiger partial charge in [0.15, 0.2) is 0 Å². The predicted molar refractivity (Wildman–Crippen MR) is 82.0 cm³/mol. The molecule has 0 saturated heterocycles. The van der Waals surface area contributed by atoms with E-state index in [1.807, 2.05) is 24.3 Å². The zero-order valence-electron chi connectivity index (χ0n) is 10.6. The summed E-state index contributed by atoms with van der Waals surface area (Å²) in [5.74, 6) is 0. The van der Waals surface area contributed by atoms with E-state index in [4.69, 9.17) is 0 Å². The van der Waals surface area contributed by atoms with Gasteiger partial charge < -0.3 is 5.11 Å². The highest BCUT2D eigenvalue weighted by Crippen LogP contribution is 2.37. The molecule has 1 N–H and O–H groups in total. The molecule has 0 spiro atoms. The third kappa shape index (κ3) is 3.59. The lowest BCUT2D eigenvalue weighted by Crippen LogP contribution is -1.96. The highest BCUT2D eigenvalue weighted by Gasteiger charge is 2.17. The van der Waals surface area contributed by atoms with Crippen molar-refractivity contribution >= 4 is 33.4 Å². The van der Waals surface area contributed by atoms with E-state index in [1.54, 1.807) is 19.1 Å². The van der Waals surface area contributed by atoms with Gasteiger partial charge in [0.1, 0.15) is 0 Å². The molecule has 0 aliphatic heterocycles. The standard InChI is InChI=1S/C14H12BrNO3S/c1-9(17)10-5-6-14(13(7-10)16(18)19)20-12-4-2-3-11(15)8-12/h2-9,17H,1H3/t9-/m0/s1.